The molecule has 5 rings (SSSR count). The smallest absolute Gasteiger partial charge is 0.249 e. The third-order valence-electron chi connectivity index (χ3n) is 5.98. The Labute approximate surface area is 206 Å². The summed E-state index contributed by atoms with van der Waals surface area (Å²) in [6.07, 6.45) is 0. The fourth-order valence-electron chi connectivity index (χ4n) is 4.33. The highest BCUT2D eigenvalue weighted by atomic mass is 35.5. The minimum Gasteiger partial charge on any atom is -0.366 e. The lowest BCUT2D eigenvalue weighted by Gasteiger charge is -2.11. The van der Waals surface area contributed by atoms with Gasteiger partial charge in [0.25, 0.3) is 0 Å². The number of rotatable bonds is 4. The quantitative estimate of drug-likeness (QED) is 0.272. The predicted octanol–water partition coefficient (Wildman–Crippen LogP) is 7.88. The second-order valence-corrected chi connectivity index (χ2v) is 9.34. The molecule has 33 heavy (non-hydrogen) atoms. The van der Waals surface area contributed by atoms with Crippen LogP contribution in [0.1, 0.15) is 21.5 Å². The van der Waals surface area contributed by atoms with E-state index in [-0.39, 0.29) is 0 Å². The van der Waals surface area contributed by atoms with Gasteiger partial charge in [-0.25, -0.2) is 0 Å². The lowest BCUT2D eigenvalue weighted by molar-refractivity contribution is 0.100. The Kier molecular flexibility index (Phi) is 5.57. The number of hydrogen-bond acceptors (Lipinski definition) is 1. The van der Waals surface area contributed by atoms with Crippen LogP contribution in [0.3, 0.4) is 0 Å². The predicted molar refractivity (Wildman–Crippen MR) is 139 cm³/mol. The van der Waals surface area contributed by atoms with Crippen molar-refractivity contribution in [3.8, 4) is 11.1 Å². The first kappa shape index (κ1) is 21.8. The van der Waals surface area contributed by atoms with E-state index in [4.69, 9.17) is 40.5 Å². The monoisotopic (exact) mass is 492 g/mol. The third kappa shape index (κ3) is 3.87. The van der Waals surface area contributed by atoms with Crippen LogP contribution in [0.5, 0.6) is 0 Å². The molecule has 5 aromatic rings. The maximum absolute atomic E-state index is 12.2. The van der Waals surface area contributed by atoms with Gasteiger partial charge in [-0.1, -0.05) is 71.2 Å². The van der Waals surface area contributed by atoms with Crippen LogP contribution < -0.4 is 5.73 Å². The SMILES string of the molecule is Cc1ccc(Cn2c3cc(-c4ccc(Cl)cc4Cl)ccc3c3c(C(N)=O)cccc32)cc1Cl. The maximum atomic E-state index is 12.2. The molecule has 0 radical (unpaired) electrons. The lowest BCUT2D eigenvalue weighted by atomic mass is 10.0. The van der Waals surface area contributed by atoms with E-state index in [1.807, 2.05) is 55.5 Å². The van der Waals surface area contributed by atoms with Gasteiger partial charge in [0.1, 0.15) is 0 Å². The van der Waals surface area contributed by atoms with Crippen LogP contribution >= 0.6 is 34.8 Å². The Morgan fingerprint density at radius 1 is 0.879 bits per heavy atom. The summed E-state index contributed by atoms with van der Waals surface area (Å²) >= 11 is 19.0. The van der Waals surface area contributed by atoms with Crippen molar-refractivity contribution >= 4 is 62.5 Å². The number of amides is 1. The van der Waals surface area contributed by atoms with Crippen molar-refractivity contribution < 1.29 is 4.79 Å². The second kappa shape index (κ2) is 8.42. The van der Waals surface area contributed by atoms with E-state index in [1.54, 1.807) is 12.1 Å². The molecule has 6 heteroatoms. The Balaban J connectivity index is 1.80. The average molecular weight is 494 g/mol. The molecule has 0 fully saturated rings. The topological polar surface area (TPSA) is 48.0 Å². The van der Waals surface area contributed by atoms with E-state index < -0.39 is 5.91 Å². The Morgan fingerprint density at radius 3 is 2.42 bits per heavy atom. The van der Waals surface area contributed by atoms with Gasteiger partial charge in [-0.3, -0.25) is 4.79 Å². The number of aromatic nitrogens is 1. The zero-order valence-electron chi connectivity index (χ0n) is 17.7. The summed E-state index contributed by atoms with van der Waals surface area (Å²) in [5.74, 6) is -0.456. The lowest BCUT2D eigenvalue weighted by Crippen LogP contribution is -2.11. The van der Waals surface area contributed by atoms with Crippen molar-refractivity contribution in [3.63, 3.8) is 0 Å². The van der Waals surface area contributed by atoms with E-state index >= 15 is 0 Å². The molecule has 0 aliphatic rings. The van der Waals surface area contributed by atoms with Crippen LogP contribution in [0.2, 0.25) is 15.1 Å². The molecule has 3 nitrogen and oxygen atoms in total. The second-order valence-electron chi connectivity index (χ2n) is 8.09. The summed E-state index contributed by atoms with van der Waals surface area (Å²) in [5.41, 5.74) is 12.0. The molecule has 164 valence electrons. The molecule has 4 aromatic carbocycles. The van der Waals surface area contributed by atoms with E-state index in [0.717, 1.165) is 49.1 Å². The highest BCUT2D eigenvalue weighted by Gasteiger charge is 2.18. The Bertz CT molecular complexity index is 1570. The van der Waals surface area contributed by atoms with Crippen molar-refractivity contribution in [2.45, 2.75) is 13.5 Å². The number of benzene rings is 4. The maximum Gasteiger partial charge on any atom is 0.249 e. The van der Waals surface area contributed by atoms with Crippen molar-refractivity contribution in [1.82, 2.24) is 4.57 Å². The number of fused-ring (bicyclic) bond motifs is 3. The number of hydrogen-bond donors (Lipinski definition) is 1. The van der Waals surface area contributed by atoms with Crippen LogP contribution in [-0.4, -0.2) is 10.5 Å². The molecule has 0 unspecified atom stereocenters. The third-order valence-corrected chi connectivity index (χ3v) is 6.93. The average Bonchev–Trinajstić information content (AvgIpc) is 3.09. The molecule has 1 aromatic heterocycles. The van der Waals surface area contributed by atoms with E-state index in [0.29, 0.717) is 22.2 Å². The first-order chi connectivity index (χ1) is 15.8. The van der Waals surface area contributed by atoms with E-state index in [9.17, 15) is 4.79 Å². The highest BCUT2D eigenvalue weighted by molar-refractivity contribution is 6.36. The largest absolute Gasteiger partial charge is 0.366 e. The summed E-state index contributed by atoms with van der Waals surface area (Å²) in [6, 6.07) is 23.3. The van der Waals surface area contributed by atoms with Crippen molar-refractivity contribution in [1.29, 1.82) is 0 Å². The summed E-state index contributed by atoms with van der Waals surface area (Å²) in [5, 5.41) is 3.67. The van der Waals surface area contributed by atoms with Gasteiger partial charge in [-0.2, -0.15) is 0 Å². The van der Waals surface area contributed by atoms with Gasteiger partial charge >= 0.3 is 0 Å². The number of primary amides is 1. The van der Waals surface area contributed by atoms with Crippen molar-refractivity contribution in [2.24, 2.45) is 5.73 Å². The number of carbonyl (C=O) groups is 1. The minimum atomic E-state index is -0.456. The molecular formula is C27H19Cl3N2O. The highest BCUT2D eigenvalue weighted by Crippen LogP contribution is 2.37. The summed E-state index contributed by atoms with van der Waals surface area (Å²) in [6.45, 7) is 2.56. The number of halogens is 3. The van der Waals surface area contributed by atoms with Crippen molar-refractivity contribution in [3.05, 3.63) is 105 Å². The molecular weight excluding hydrogens is 475 g/mol. The number of nitrogens with two attached hydrogens (primary N) is 1. The van der Waals surface area contributed by atoms with Crippen LogP contribution in [0.15, 0.2) is 72.8 Å². The Hall–Kier alpha value is -2.98. The van der Waals surface area contributed by atoms with Gasteiger partial charge < -0.3 is 10.3 Å². The molecule has 0 saturated carbocycles. The molecule has 0 aliphatic heterocycles. The van der Waals surface area contributed by atoms with Gasteiger partial charge in [-0.05, 0) is 60.0 Å². The standard InChI is InChI=1S/C27H19Cl3N2O/c1-15-5-6-16(11-22(15)29)14-32-24-4-2-3-21(27(31)33)26(24)20-9-7-17(12-25(20)32)19-10-8-18(28)13-23(19)30/h2-13H,14H2,1H3,(H2,31,33). The van der Waals surface area contributed by atoms with Gasteiger partial charge in [0.15, 0.2) is 0 Å². The molecule has 1 amide bonds. The number of carbonyl (C=O) groups excluding carboxylic acids is 1. The molecule has 1 heterocycles. The molecule has 0 saturated heterocycles. The molecule has 0 bridgehead atoms. The minimum absolute atomic E-state index is 0.456. The number of aryl methyl sites for hydroxylation is 1. The summed E-state index contributed by atoms with van der Waals surface area (Å²) < 4.78 is 2.19. The fraction of sp³-hybridized carbons (Fsp3) is 0.0741. The first-order valence-corrected chi connectivity index (χ1v) is 11.5. The zero-order chi connectivity index (χ0) is 23.3. The molecule has 0 spiro atoms. The van der Waals surface area contributed by atoms with Crippen LogP contribution in [0.4, 0.5) is 0 Å². The Morgan fingerprint density at radius 2 is 1.70 bits per heavy atom. The molecule has 0 aliphatic carbocycles. The summed E-state index contributed by atoms with van der Waals surface area (Å²) in [7, 11) is 0. The van der Waals surface area contributed by atoms with Crippen LogP contribution in [0.25, 0.3) is 32.9 Å². The normalized spacial score (nSPS) is 11.4. The van der Waals surface area contributed by atoms with Crippen LogP contribution in [0, 0.1) is 6.92 Å². The van der Waals surface area contributed by atoms with E-state index in [2.05, 4.69) is 16.7 Å². The molecule has 2 N–H and O–H groups in total. The fourth-order valence-corrected chi connectivity index (χ4v) is 5.05. The van der Waals surface area contributed by atoms with Gasteiger partial charge in [0.2, 0.25) is 5.91 Å². The van der Waals surface area contributed by atoms with Crippen LogP contribution in [-0.2, 0) is 6.54 Å². The molecule has 0 atom stereocenters. The van der Waals surface area contributed by atoms with Gasteiger partial charge in [0, 0.05) is 43.5 Å². The van der Waals surface area contributed by atoms with E-state index in [1.165, 1.54) is 0 Å². The van der Waals surface area contributed by atoms with Gasteiger partial charge in [0.05, 0.1) is 11.0 Å². The van der Waals surface area contributed by atoms with Crippen molar-refractivity contribution in [2.75, 3.05) is 0 Å². The summed E-state index contributed by atoms with van der Waals surface area (Å²) in [4.78, 5) is 12.2. The zero-order valence-corrected chi connectivity index (χ0v) is 20.0. The number of nitrogens with zero attached hydrogens (tertiary/aromatic N) is 1. The first-order valence-electron chi connectivity index (χ1n) is 10.4. The van der Waals surface area contributed by atoms with Gasteiger partial charge in [-0.15, -0.1) is 0 Å².